The summed E-state index contributed by atoms with van der Waals surface area (Å²) in [6.45, 7) is 0. The van der Waals surface area contributed by atoms with Gasteiger partial charge in [-0.1, -0.05) is 0 Å². The fourth-order valence-electron chi connectivity index (χ4n) is 0.536. The van der Waals surface area contributed by atoms with Gasteiger partial charge < -0.3 is 5.11 Å². The molecule has 5 heteroatoms. The summed E-state index contributed by atoms with van der Waals surface area (Å²) in [7, 11) is 0. The standard InChI is InChI=1S/C6H3BrINO2/c7-3-1-2-4(6(10)11)9-5(3)8/h1-2H,(H,10,11). The van der Waals surface area contributed by atoms with E-state index in [0.717, 1.165) is 4.47 Å². The molecule has 11 heavy (non-hydrogen) atoms. The van der Waals surface area contributed by atoms with Crippen LogP contribution in [0.2, 0.25) is 0 Å². The van der Waals surface area contributed by atoms with Crippen LogP contribution in [-0.2, 0) is 0 Å². The summed E-state index contributed by atoms with van der Waals surface area (Å²) >= 11 is 5.18. The molecule has 0 unspecified atom stereocenters. The molecule has 1 aromatic heterocycles. The number of hydrogen-bond donors (Lipinski definition) is 1. The predicted molar refractivity (Wildman–Crippen MR) is 51.6 cm³/mol. The first-order valence-electron chi connectivity index (χ1n) is 2.66. The van der Waals surface area contributed by atoms with E-state index in [-0.39, 0.29) is 5.69 Å². The van der Waals surface area contributed by atoms with E-state index in [4.69, 9.17) is 5.11 Å². The second kappa shape index (κ2) is 3.48. The van der Waals surface area contributed by atoms with Crippen molar-refractivity contribution in [3.05, 3.63) is 26.0 Å². The van der Waals surface area contributed by atoms with Crippen molar-refractivity contribution in [2.24, 2.45) is 0 Å². The molecule has 0 amide bonds. The van der Waals surface area contributed by atoms with E-state index in [0.29, 0.717) is 3.70 Å². The van der Waals surface area contributed by atoms with Crippen molar-refractivity contribution >= 4 is 44.5 Å². The Bertz CT molecular complexity index is 303. The zero-order valence-electron chi connectivity index (χ0n) is 5.21. The quantitative estimate of drug-likeness (QED) is 0.635. The normalized spacial score (nSPS) is 9.64. The second-order valence-corrected chi connectivity index (χ2v) is 3.65. The zero-order chi connectivity index (χ0) is 8.43. The number of hydrogen-bond acceptors (Lipinski definition) is 2. The highest BCUT2D eigenvalue weighted by atomic mass is 127. The van der Waals surface area contributed by atoms with Gasteiger partial charge in [-0.15, -0.1) is 0 Å². The molecule has 3 nitrogen and oxygen atoms in total. The maximum atomic E-state index is 10.4. The first-order chi connectivity index (χ1) is 5.11. The van der Waals surface area contributed by atoms with Crippen molar-refractivity contribution in [1.82, 2.24) is 4.98 Å². The largest absolute Gasteiger partial charge is 0.477 e. The van der Waals surface area contributed by atoms with E-state index in [1.807, 2.05) is 22.6 Å². The molecular formula is C6H3BrINO2. The molecular weight excluding hydrogens is 325 g/mol. The van der Waals surface area contributed by atoms with Gasteiger partial charge in [0.25, 0.3) is 0 Å². The minimum absolute atomic E-state index is 0.0672. The number of halogens is 2. The van der Waals surface area contributed by atoms with Crippen molar-refractivity contribution in [1.29, 1.82) is 0 Å². The Balaban J connectivity index is 3.15. The van der Waals surface area contributed by atoms with Gasteiger partial charge in [-0.25, -0.2) is 9.78 Å². The molecule has 0 fully saturated rings. The molecule has 0 atom stereocenters. The van der Waals surface area contributed by atoms with Crippen molar-refractivity contribution in [3.63, 3.8) is 0 Å². The van der Waals surface area contributed by atoms with Crippen molar-refractivity contribution in [2.75, 3.05) is 0 Å². The van der Waals surface area contributed by atoms with Crippen LogP contribution in [-0.4, -0.2) is 16.1 Å². The number of carboxylic acids is 1. The highest BCUT2D eigenvalue weighted by Gasteiger charge is 2.05. The Morgan fingerprint density at radius 3 is 2.73 bits per heavy atom. The number of rotatable bonds is 1. The molecule has 1 aromatic rings. The number of pyridine rings is 1. The van der Waals surface area contributed by atoms with E-state index >= 15 is 0 Å². The summed E-state index contributed by atoms with van der Waals surface area (Å²) in [5.41, 5.74) is 0.0672. The molecule has 0 aromatic carbocycles. The molecule has 0 radical (unpaired) electrons. The molecule has 0 aliphatic carbocycles. The first kappa shape index (κ1) is 8.92. The lowest BCUT2D eigenvalue weighted by molar-refractivity contribution is 0.0690. The lowest BCUT2D eigenvalue weighted by Gasteiger charge is -1.95. The van der Waals surface area contributed by atoms with Crippen LogP contribution in [0.25, 0.3) is 0 Å². The lowest BCUT2D eigenvalue weighted by atomic mass is 10.4. The molecule has 58 valence electrons. The average molecular weight is 328 g/mol. The summed E-state index contributed by atoms with van der Waals surface area (Å²) in [6.07, 6.45) is 0. The van der Waals surface area contributed by atoms with Crippen LogP contribution in [0.5, 0.6) is 0 Å². The SMILES string of the molecule is O=C(O)c1ccc(Br)c(I)n1. The number of carbonyl (C=O) groups is 1. The third-order valence-corrected chi connectivity index (χ3v) is 3.23. The smallest absolute Gasteiger partial charge is 0.354 e. The molecule has 1 heterocycles. The van der Waals surface area contributed by atoms with Crippen LogP contribution in [0.3, 0.4) is 0 Å². The van der Waals surface area contributed by atoms with E-state index in [1.54, 1.807) is 6.07 Å². The van der Waals surface area contributed by atoms with Gasteiger partial charge in [0.2, 0.25) is 0 Å². The summed E-state index contributed by atoms with van der Waals surface area (Å²) in [5, 5.41) is 8.52. The highest BCUT2D eigenvalue weighted by molar-refractivity contribution is 14.1. The molecule has 0 spiro atoms. The van der Waals surface area contributed by atoms with Gasteiger partial charge in [0.05, 0.1) is 0 Å². The van der Waals surface area contributed by atoms with Gasteiger partial charge in [0, 0.05) is 4.47 Å². The lowest BCUT2D eigenvalue weighted by Crippen LogP contribution is -2.00. The molecule has 0 saturated heterocycles. The second-order valence-electron chi connectivity index (χ2n) is 1.77. The van der Waals surface area contributed by atoms with Crippen LogP contribution in [0.15, 0.2) is 16.6 Å². The summed E-state index contributed by atoms with van der Waals surface area (Å²) in [6, 6.07) is 3.12. The van der Waals surface area contributed by atoms with E-state index in [2.05, 4.69) is 20.9 Å². The molecule has 1 rings (SSSR count). The highest BCUT2D eigenvalue weighted by Crippen LogP contribution is 2.16. The maximum absolute atomic E-state index is 10.4. The Hall–Kier alpha value is -0.170. The van der Waals surface area contributed by atoms with Gasteiger partial charge in [0.1, 0.15) is 9.39 Å². The zero-order valence-corrected chi connectivity index (χ0v) is 8.96. The summed E-state index contributed by atoms with van der Waals surface area (Å²) in [4.78, 5) is 14.2. The summed E-state index contributed by atoms with van der Waals surface area (Å²) < 4.78 is 1.46. The average Bonchev–Trinajstić information content (AvgIpc) is 1.94. The van der Waals surface area contributed by atoms with Gasteiger partial charge in [-0.05, 0) is 50.7 Å². The Kier molecular flexibility index (Phi) is 2.83. The van der Waals surface area contributed by atoms with E-state index < -0.39 is 5.97 Å². The summed E-state index contributed by atoms with van der Waals surface area (Å²) in [5.74, 6) is -1.00. The monoisotopic (exact) mass is 327 g/mol. The Labute approximate surface area is 85.1 Å². The molecule has 0 aliphatic rings. The van der Waals surface area contributed by atoms with Crippen molar-refractivity contribution in [2.45, 2.75) is 0 Å². The molecule has 0 saturated carbocycles. The molecule has 0 aliphatic heterocycles. The van der Waals surface area contributed by atoms with Gasteiger partial charge in [0.15, 0.2) is 0 Å². The maximum Gasteiger partial charge on any atom is 0.354 e. The fourth-order valence-corrected chi connectivity index (χ4v) is 1.20. The van der Waals surface area contributed by atoms with Crippen LogP contribution in [0.1, 0.15) is 10.5 Å². The minimum atomic E-state index is -1.00. The molecule has 0 bridgehead atoms. The third-order valence-electron chi connectivity index (χ3n) is 1.02. The van der Waals surface area contributed by atoms with Crippen LogP contribution < -0.4 is 0 Å². The number of aromatic carboxylic acids is 1. The van der Waals surface area contributed by atoms with Gasteiger partial charge in [-0.2, -0.15) is 0 Å². The minimum Gasteiger partial charge on any atom is -0.477 e. The van der Waals surface area contributed by atoms with Gasteiger partial charge >= 0.3 is 5.97 Å². The van der Waals surface area contributed by atoms with Crippen LogP contribution in [0.4, 0.5) is 0 Å². The Morgan fingerprint density at radius 2 is 2.27 bits per heavy atom. The third kappa shape index (κ3) is 2.13. The van der Waals surface area contributed by atoms with Crippen molar-refractivity contribution < 1.29 is 9.90 Å². The fraction of sp³-hybridized carbons (Fsp3) is 0. The number of aromatic nitrogens is 1. The predicted octanol–water partition coefficient (Wildman–Crippen LogP) is 2.15. The van der Waals surface area contributed by atoms with Crippen molar-refractivity contribution in [3.8, 4) is 0 Å². The Morgan fingerprint density at radius 1 is 1.64 bits per heavy atom. The van der Waals surface area contributed by atoms with E-state index in [9.17, 15) is 4.79 Å². The van der Waals surface area contributed by atoms with E-state index in [1.165, 1.54) is 6.07 Å². The topological polar surface area (TPSA) is 50.2 Å². The number of carboxylic acid groups (broad SMARTS) is 1. The van der Waals surface area contributed by atoms with Crippen LogP contribution in [0, 0.1) is 3.70 Å². The number of nitrogens with zero attached hydrogens (tertiary/aromatic N) is 1. The first-order valence-corrected chi connectivity index (χ1v) is 4.54. The van der Waals surface area contributed by atoms with Gasteiger partial charge in [-0.3, -0.25) is 0 Å². The molecule has 1 N–H and O–H groups in total. The van der Waals surface area contributed by atoms with Crippen LogP contribution >= 0.6 is 38.5 Å².